The van der Waals surface area contributed by atoms with Crippen molar-refractivity contribution in [1.82, 2.24) is 4.72 Å². The second kappa shape index (κ2) is 12.1. The Morgan fingerprint density at radius 2 is 1.69 bits per heavy atom. The van der Waals surface area contributed by atoms with Crippen LogP contribution in [0.2, 0.25) is 0 Å². The zero-order chi connectivity index (χ0) is 30.9. The van der Waals surface area contributed by atoms with Crippen molar-refractivity contribution in [2.24, 2.45) is 11.0 Å². The Hall–Kier alpha value is -3.32. The van der Waals surface area contributed by atoms with Gasteiger partial charge in [0.25, 0.3) is 16.0 Å². The van der Waals surface area contributed by atoms with E-state index in [1.807, 2.05) is 24.3 Å². The van der Waals surface area contributed by atoms with Gasteiger partial charge in [0.2, 0.25) is 10.0 Å². The highest BCUT2D eigenvalue weighted by Gasteiger charge is 2.39. The zero-order valence-electron chi connectivity index (χ0n) is 24.5. The van der Waals surface area contributed by atoms with Gasteiger partial charge in [-0.05, 0) is 73.7 Å². The van der Waals surface area contributed by atoms with E-state index < -0.39 is 25.9 Å². The summed E-state index contributed by atoms with van der Waals surface area (Å²) in [6.45, 7) is 11.3. The molecule has 12 heteroatoms. The van der Waals surface area contributed by atoms with Gasteiger partial charge in [0.1, 0.15) is 0 Å². The molecule has 1 amide bonds. The largest absolute Gasteiger partial charge is 0.344 e. The van der Waals surface area contributed by atoms with E-state index in [9.17, 15) is 21.6 Å². The molecular formula is C30H38N4O6S2. The van der Waals surface area contributed by atoms with E-state index in [0.717, 1.165) is 18.7 Å². The summed E-state index contributed by atoms with van der Waals surface area (Å²) >= 11 is 0. The van der Waals surface area contributed by atoms with Crippen LogP contribution in [0, 0.1) is 5.92 Å². The number of benzene rings is 2. The minimum absolute atomic E-state index is 0.0459. The maximum atomic E-state index is 13.4. The first-order valence-corrected chi connectivity index (χ1v) is 17.0. The molecule has 0 radical (unpaired) electrons. The number of fused-ring (bicyclic) bond motifs is 1. The van der Waals surface area contributed by atoms with Crippen LogP contribution in [0.25, 0.3) is 0 Å². The van der Waals surface area contributed by atoms with Crippen LogP contribution >= 0.6 is 0 Å². The summed E-state index contributed by atoms with van der Waals surface area (Å²) in [5.41, 5.74) is 4.69. The van der Waals surface area contributed by atoms with Crippen molar-refractivity contribution >= 4 is 43.1 Å². The van der Waals surface area contributed by atoms with Crippen molar-refractivity contribution in [2.75, 3.05) is 28.8 Å². The number of amides is 1. The maximum Gasteiger partial charge on any atom is 0.280 e. The van der Waals surface area contributed by atoms with Crippen LogP contribution in [-0.4, -0.2) is 51.8 Å². The quantitative estimate of drug-likeness (QED) is 0.214. The van der Waals surface area contributed by atoms with Gasteiger partial charge in [-0.2, -0.15) is 18.5 Å². The van der Waals surface area contributed by atoms with Crippen LogP contribution in [0.3, 0.4) is 0 Å². The number of carbonyl (C=O) groups is 1. The third-order valence-corrected chi connectivity index (χ3v) is 9.74. The van der Waals surface area contributed by atoms with Crippen LogP contribution in [-0.2, 0) is 30.4 Å². The van der Waals surface area contributed by atoms with Gasteiger partial charge in [-0.15, -0.1) is 0 Å². The van der Waals surface area contributed by atoms with E-state index in [-0.39, 0.29) is 29.2 Å². The summed E-state index contributed by atoms with van der Waals surface area (Å²) in [7, 11) is -8.08. The SMILES string of the molecule is CC1=NN(c2ccc(S(=O)(=O)NCCCS(=O)(=O)O)cc2)C(=O)/C1=C/C=C1\N(CCC(C)C)c2ccccc2C1(C)C. The van der Waals surface area contributed by atoms with Crippen molar-refractivity contribution in [2.45, 2.75) is 57.8 Å². The van der Waals surface area contributed by atoms with Crippen molar-refractivity contribution in [3.8, 4) is 0 Å². The Kier molecular flexibility index (Phi) is 9.12. The number of anilines is 2. The van der Waals surface area contributed by atoms with Gasteiger partial charge >= 0.3 is 0 Å². The molecule has 0 aromatic heterocycles. The van der Waals surface area contributed by atoms with Crippen molar-refractivity contribution in [3.05, 3.63) is 77.5 Å². The Bertz CT molecular complexity index is 1660. The highest BCUT2D eigenvalue weighted by molar-refractivity contribution is 7.89. The Labute approximate surface area is 248 Å². The zero-order valence-corrected chi connectivity index (χ0v) is 26.2. The third-order valence-electron chi connectivity index (χ3n) is 7.46. The molecule has 0 saturated heterocycles. The number of nitrogens with one attached hydrogen (secondary N) is 1. The van der Waals surface area contributed by atoms with Crippen LogP contribution in [0.1, 0.15) is 53.0 Å². The second-order valence-electron chi connectivity index (χ2n) is 11.4. The first-order valence-electron chi connectivity index (χ1n) is 13.9. The summed E-state index contributed by atoms with van der Waals surface area (Å²) in [4.78, 5) is 15.7. The summed E-state index contributed by atoms with van der Waals surface area (Å²) in [5.74, 6) is -0.317. The molecule has 0 bridgehead atoms. The lowest BCUT2D eigenvalue weighted by Crippen LogP contribution is -2.28. The van der Waals surface area contributed by atoms with Crippen LogP contribution in [0.5, 0.6) is 0 Å². The molecule has 0 atom stereocenters. The average molecular weight is 615 g/mol. The Morgan fingerprint density at radius 1 is 1.02 bits per heavy atom. The van der Waals surface area contributed by atoms with Gasteiger partial charge in [0.15, 0.2) is 0 Å². The molecule has 2 aliphatic heterocycles. The summed E-state index contributed by atoms with van der Waals surface area (Å²) < 4.78 is 57.9. The Balaban J connectivity index is 1.53. The fourth-order valence-electron chi connectivity index (χ4n) is 5.13. The van der Waals surface area contributed by atoms with Gasteiger partial charge in [0, 0.05) is 29.9 Å². The number of carbonyl (C=O) groups excluding carboxylic acids is 1. The highest BCUT2D eigenvalue weighted by atomic mass is 32.2. The first kappa shape index (κ1) is 31.6. The number of para-hydroxylation sites is 1. The first-order chi connectivity index (χ1) is 19.6. The molecule has 0 fully saturated rings. The smallest absolute Gasteiger partial charge is 0.280 e. The molecule has 0 aliphatic carbocycles. The van der Waals surface area contributed by atoms with E-state index in [4.69, 9.17) is 4.55 Å². The van der Waals surface area contributed by atoms with Crippen LogP contribution in [0.15, 0.2) is 82.0 Å². The van der Waals surface area contributed by atoms with Crippen LogP contribution in [0.4, 0.5) is 11.4 Å². The molecule has 226 valence electrons. The number of allylic oxidation sites excluding steroid dienone is 3. The second-order valence-corrected chi connectivity index (χ2v) is 14.8. The normalized spacial score (nSPS) is 18.8. The van der Waals surface area contributed by atoms with Gasteiger partial charge in [-0.1, -0.05) is 45.9 Å². The lowest BCUT2D eigenvalue weighted by atomic mass is 9.83. The standard InChI is InChI=1S/C30H38N4O6S2/c1-21(2)17-19-33-27-10-7-6-9-26(27)30(4,5)28(33)16-15-25-22(3)32-34(29(25)35)23-11-13-24(14-12-23)42(39,40)31-18-8-20-41(36,37)38/h6-7,9-16,21,31H,8,17-20H2,1-5H3,(H,36,37,38)/b25-15+,28-16-. The lowest BCUT2D eigenvalue weighted by molar-refractivity contribution is -0.114. The summed E-state index contributed by atoms with van der Waals surface area (Å²) in [5, 5.41) is 5.69. The molecule has 42 heavy (non-hydrogen) atoms. The molecular weight excluding hydrogens is 576 g/mol. The molecule has 0 spiro atoms. The molecule has 2 aromatic rings. The number of hydrogen-bond acceptors (Lipinski definition) is 7. The van der Waals surface area contributed by atoms with Gasteiger partial charge in [0.05, 0.1) is 27.6 Å². The number of hydrazone groups is 1. The monoisotopic (exact) mass is 614 g/mol. The lowest BCUT2D eigenvalue weighted by Gasteiger charge is -2.27. The van der Waals surface area contributed by atoms with Crippen molar-refractivity contribution in [1.29, 1.82) is 0 Å². The van der Waals surface area contributed by atoms with Gasteiger partial charge in [-0.25, -0.2) is 13.1 Å². The van der Waals surface area contributed by atoms with Gasteiger partial charge < -0.3 is 4.90 Å². The van der Waals surface area contributed by atoms with E-state index in [1.165, 1.54) is 40.5 Å². The fraction of sp³-hybridized carbons (Fsp3) is 0.400. The van der Waals surface area contributed by atoms with Crippen LogP contribution < -0.4 is 14.6 Å². The van der Waals surface area contributed by atoms with Crippen molar-refractivity contribution in [3.63, 3.8) is 0 Å². The predicted octanol–water partition coefficient (Wildman–Crippen LogP) is 4.62. The van der Waals surface area contributed by atoms with E-state index in [0.29, 0.717) is 22.9 Å². The maximum absolute atomic E-state index is 13.4. The topological polar surface area (TPSA) is 136 Å². The summed E-state index contributed by atoms with van der Waals surface area (Å²) in [6.07, 6.45) is 4.79. The Morgan fingerprint density at radius 3 is 2.33 bits per heavy atom. The molecule has 2 aromatic carbocycles. The molecule has 2 heterocycles. The number of hydrogen-bond donors (Lipinski definition) is 2. The third kappa shape index (κ3) is 6.83. The fourth-order valence-corrected chi connectivity index (χ4v) is 6.71. The molecule has 10 nitrogen and oxygen atoms in total. The molecule has 2 aliphatic rings. The van der Waals surface area contributed by atoms with E-state index in [2.05, 4.69) is 54.6 Å². The minimum Gasteiger partial charge on any atom is -0.344 e. The minimum atomic E-state index is -4.17. The number of nitrogens with zero attached hydrogens (tertiary/aromatic N) is 3. The molecule has 0 saturated carbocycles. The number of sulfonamides is 1. The summed E-state index contributed by atoms with van der Waals surface area (Å²) in [6, 6.07) is 14.1. The molecule has 2 N–H and O–H groups in total. The molecule has 4 rings (SSSR count). The van der Waals surface area contributed by atoms with Gasteiger partial charge in [-0.3, -0.25) is 9.35 Å². The highest BCUT2D eigenvalue weighted by Crippen LogP contribution is 2.47. The van der Waals surface area contributed by atoms with E-state index in [1.54, 1.807) is 6.92 Å². The molecule has 0 unspecified atom stereocenters. The predicted molar refractivity (Wildman–Crippen MR) is 166 cm³/mol. The van der Waals surface area contributed by atoms with Crippen molar-refractivity contribution < 1.29 is 26.2 Å². The number of rotatable bonds is 11. The average Bonchev–Trinajstić information content (AvgIpc) is 3.32. The van der Waals surface area contributed by atoms with E-state index >= 15 is 0 Å².